The first-order valence-corrected chi connectivity index (χ1v) is 11.5. The van der Waals surface area contributed by atoms with Gasteiger partial charge < -0.3 is 20.3 Å². The van der Waals surface area contributed by atoms with Crippen molar-refractivity contribution in [2.75, 3.05) is 18.4 Å². The molecule has 3 heterocycles. The minimum atomic E-state index is -0.224. The third kappa shape index (κ3) is 4.22. The molecule has 6 nitrogen and oxygen atoms in total. The van der Waals surface area contributed by atoms with E-state index >= 15 is 0 Å². The molecule has 3 N–H and O–H groups in total. The molecule has 0 aliphatic carbocycles. The van der Waals surface area contributed by atoms with Crippen LogP contribution >= 0.6 is 22.9 Å². The van der Waals surface area contributed by atoms with E-state index in [-0.39, 0.29) is 11.8 Å². The number of thiophene rings is 1. The summed E-state index contributed by atoms with van der Waals surface area (Å²) in [7, 11) is 0. The number of carbonyl (C=O) groups excluding carboxylic acids is 1. The highest BCUT2D eigenvalue weighted by atomic mass is 35.5. The molecule has 32 heavy (non-hydrogen) atoms. The van der Waals surface area contributed by atoms with E-state index in [4.69, 9.17) is 11.6 Å². The van der Waals surface area contributed by atoms with E-state index in [0.29, 0.717) is 26.8 Å². The van der Waals surface area contributed by atoms with Crippen LogP contribution in [0.3, 0.4) is 0 Å². The molecule has 0 saturated heterocycles. The van der Waals surface area contributed by atoms with E-state index in [1.54, 1.807) is 16.7 Å². The largest absolute Gasteiger partial charge is 0.494 e. The van der Waals surface area contributed by atoms with Gasteiger partial charge in [0.2, 0.25) is 0 Å². The zero-order valence-electron chi connectivity index (χ0n) is 17.1. The van der Waals surface area contributed by atoms with Gasteiger partial charge in [-0.3, -0.25) is 9.79 Å². The smallest absolute Gasteiger partial charge is 0.265 e. The van der Waals surface area contributed by atoms with Crippen molar-refractivity contribution in [1.82, 2.24) is 9.88 Å². The number of aromatic hydroxyl groups is 1. The Balaban J connectivity index is 1.36. The third-order valence-electron chi connectivity index (χ3n) is 5.44. The maximum absolute atomic E-state index is 12.6. The van der Waals surface area contributed by atoms with Gasteiger partial charge in [-0.05, 0) is 35.4 Å². The molecule has 1 aliphatic heterocycles. The van der Waals surface area contributed by atoms with Crippen molar-refractivity contribution in [1.29, 1.82) is 0 Å². The lowest BCUT2D eigenvalue weighted by Crippen LogP contribution is -2.20. The molecule has 2 aromatic heterocycles. The second-order valence-electron chi connectivity index (χ2n) is 7.65. The molecule has 0 unspecified atom stereocenters. The quantitative estimate of drug-likeness (QED) is 0.379. The number of nitrogens with one attached hydrogen (secondary N) is 2. The van der Waals surface area contributed by atoms with Crippen LogP contribution in [-0.4, -0.2) is 34.5 Å². The summed E-state index contributed by atoms with van der Waals surface area (Å²) >= 11 is 7.18. The van der Waals surface area contributed by atoms with Gasteiger partial charge in [-0.25, -0.2) is 0 Å². The Kier molecular flexibility index (Phi) is 5.59. The van der Waals surface area contributed by atoms with Gasteiger partial charge >= 0.3 is 0 Å². The first-order valence-electron chi connectivity index (χ1n) is 10.3. The lowest BCUT2D eigenvalue weighted by Gasteiger charge is -2.07. The van der Waals surface area contributed by atoms with Gasteiger partial charge in [0.05, 0.1) is 28.0 Å². The molecule has 0 bridgehead atoms. The normalized spacial score (nSPS) is 13.2. The summed E-state index contributed by atoms with van der Waals surface area (Å²) < 4.78 is 2.36. The van der Waals surface area contributed by atoms with E-state index in [1.807, 2.05) is 24.4 Å². The SMILES string of the molecule is O=C(Nc1cccc2c(O)n(Cc3ccc(CC4=NCCN4)cc3)cc12)c1ccc(Cl)s1. The Labute approximate surface area is 194 Å². The van der Waals surface area contributed by atoms with Crippen LogP contribution in [0.4, 0.5) is 5.69 Å². The first kappa shape index (κ1) is 20.6. The van der Waals surface area contributed by atoms with Crippen molar-refractivity contribution in [3.8, 4) is 5.88 Å². The number of aliphatic imine (C=N–C) groups is 1. The van der Waals surface area contributed by atoms with Crippen molar-refractivity contribution in [3.63, 3.8) is 0 Å². The van der Waals surface area contributed by atoms with Crippen LogP contribution in [0.2, 0.25) is 4.34 Å². The summed E-state index contributed by atoms with van der Waals surface area (Å²) in [5.74, 6) is 0.980. The van der Waals surface area contributed by atoms with Gasteiger partial charge in [0.15, 0.2) is 5.88 Å². The fourth-order valence-corrected chi connectivity index (χ4v) is 4.78. The Hall–Kier alpha value is -3.29. The molecule has 1 amide bonds. The van der Waals surface area contributed by atoms with Crippen molar-refractivity contribution in [2.24, 2.45) is 4.99 Å². The van der Waals surface area contributed by atoms with Crippen molar-refractivity contribution in [2.45, 2.75) is 13.0 Å². The average molecular weight is 465 g/mol. The molecule has 1 aliphatic rings. The number of anilines is 1. The van der Waals surface area contributed by atoms with E-state index < -0.39 is 0 Å². The van der Waals surface area contributed by atoms with Crippen LogP contribution in [0.5, 0.6) is 5.88 Å². The van der Waals surface area contributed by atoms with Gasteiger partial charge in [0, 0.05) is 29.9 Å². The Morgan fingerprint density at radius 3 is 2.66 bits per heavy atom. The Bertz CT molecular complexity index is 1320. The number of amidine groups is 1. The Morgan fingerprint density at radius 1 is 1.12 bits per heavy atom. The lowest BCUT2D eigenvalue weighted by atomic mass is 10.1. The van der Waals surface area contributed by atoms with E-state index in [0.717, 1.165) is 36.3 Å². The number of benzene rings is 2. The first-order chi connectivity index (χ1) is 15.6. The highest BCUT2D eigenvalue weighted by molar-refractivity contribution is 7.18. The number of hydrogen-bond donors (Lipinski definition) is 3. The van der Waals surface area contributed by atoms with E-state index in [1.165, 1.54) is 16.9 Å². The predicted octanol–water partition coefficient (Wildman–Crippen LogP) is 4.91. The highest BCUT2D eigenvalue weighted by Crippen LogP contribution is 2.33. The lowest BCUT2D eigenvalue weighted by molar-refractivity contribution is 0.103. The number of halogens is 1. The molecule has 4 aromatic rings. The molecule has 8 heteroatoms. The minimum Gasteiger partial charge on any atom is -0.494 e. The third-order valence-corrected chi connectivity index (χ3v) is 6.67. The molecular weight excluding hydrogens is 444 g/mol. The minimum absolute atomic E-state index is 0.170. The van der Waals surface area contributed by atoms with Crippen LogP contribution in [0.1, 0.15) is 20.8 Å². The zero-order chi connectivity index (χ0) is 22.1. The maximum Gasteiger partial charge on any atom is 0.265 e. The summed E-state index contributed by atoms with van der Waals surface area (Å²) in [4.78, 5) is 17.5. The van der Waals surface area contributed by atoms with Crippen molar-refractivity contribution in [3.05, 3.63) is 81.1 Å². The predicted molar refractivity (Wildman–Crippen MR) is 130 cm³/mol. The van der Waals surface area contributed by atoms with Gasteiger partial charge in [0.1, 0.15) is 5.84 Å². The number of aromatic nitrogens is 1. The van der Waals surface area contributed by atoms with E-state index in [2.05, 4.69) is 39.9 Å². The highest BCUT2D eigenvalue weighted by Gasteiger charge is 2.15. The number of carbonyl (C=O) groups is 1. The van der Waals surface area contributed by atoms with Crippen LogP contribution in [0.25, 0.3) is 10.8 Å². The molecule has 0 radical (unpaired) electrons. The van der Waals surface area contributed by atoms with E-state index in [9.17, 15) is 9.90 Å². The average Bonchev–Trinajstić information content (AvgIpc) is 3.52. The summed E-state index contributed by atoms with van der Waals surface area (Å²) in [5, 5.41) is 18.5. The topological polar surface area (TPSA) is 78.7 Å². The molecule has 0 atom stereocenters. The molecule has 0 spiro atoms. The molecule has 2 aromatic carbocycles. The van der Waals surface area contributed by atoms with Crippen LogP contribution in [-0.2, 0) is 13.0 Å². The fraction of sp³-hybridized carbons (Fsp3) is 0.167. The van der Waals surface area contributed by atoms with Gasteiger partial charge in [0.25, 0.3) is 5.91 Å². The second-order valence-corrected chi connectivity index (χ2v) is 9.37. The summed E-state index contributed by atoms with van der Waals surface area (Å²) in [5.41, 5.74) is 2.92. The zero-order valence-corrected chi connectivity index (χ0v) is 18.7. The Morgan fingerprint density at radius 2 is 1.94 bits per heavy atom. The molecule has 5 rings (SSSR count). The van der Waals surface area contributed by atoms with Crippen LogP contribution in [0, 0.1) is 0 Å². The molecular formula is C24H21ClN4O2S. The van der Waals surface area contributed by atoms with Crippen molar-refractivity contribution < 1.29 is 9.90 Å². The maximum atomic E-state index is 12.6. The van der Waals surface area contributed by atoms with Crippen molar-refractivity contribution >= 4 is 51.1 Å². The van der Waals surface area contributed by atoms with Crippen LogP contribution in [0.15, 0.2) is 65.8 Å². The number of fused-ring (bicyclic) bond motifs is 1. The summed E-state index contributed by atoms with van der Waals surface area (Å²) in [6.07, 6.45) is 2.67. The van der Waals surface area contributed by atoms with Gasteiger partial charge in [-0.2, -0.15) is 0 Å². The molecule has 0 fully saturated rings. The summed E-state index contributed by atoms with van der Waals surface area (Å²) in [6.45, 7) is 2.28. The van der Waals surface area contributed by atoms with Gasteiger partial charge in [-0.15, -0.1) is 11.3 Å². The van der Waals surface area contributed by atoms with Crippen LogP contribution < -0.4 is 10.6 Å². The number of hydrogen-bond acceptors (Lipinski definition) is 5. The number of nitrogens with zero attached hydrogens (tertiary/aromatic N) is 2. The monoisotopic (exact) mass is 464 g/mol. The number of rotatable bonds is 6. The number of amides is 1. The second kappa shape index (κ2) is 8.68. The van der Waals surface area contributed by atoms with Gasteiger partial charge in [-0.1, -0.05) is 41.9 Å². The standard InChI is InChI=1S/C24H21ClN4O2S/c25-21-9-8-20(32-21)23(30)28-19-3-1-2-17-18(19)14-29(24(17)31)13-16-6-4-15(5-7-16)12-22-26-10-11-27-22/h1-9,14,31H,10-13H2,(H,26,27)(H,28,30). The molecule has 0 saturated carbocycles. The fourth-order valence-electron chi connectivity index (χ4n) is 3.84. The molecule has 162 valence electrons. The summed E-state index contributed by atoms with van der Waals surface area (Å²) in [6, 6.07) is 17.2.